The zero-order valence-corrected chi connectivity index (χ0v) is 18.7. The molecule has 0 unspecified atom stereocenters. The summed E-state index contributed by atoms with van der Waals surface area (Å²) in [5.41, 5.74) is 1.32. The third-order valence-corrected chi connectivity index (χ3v) is 5.53. The Bertz CT molecular complexity index is 1460. The highest BCUT2D eigenvalue weighted by Crippen LogP contribution is 2.33. The van der Waals surface area contributed by atoms with Gasteiger partial charge in [0.15, 0.2) is 0 Å². The van der Waals surface area contributed by atoms with E-state index in [-0.39, 0.29) is 32.9 Å². The van der Waals surface area contributed by atoms with Crippen LogP contribution < -0.4 is 5.32 Å². The van der Waals surface area contributed by atoms with Crippen LogP contribution >= 0.6 is 11.6 Å². The first-order chi connectivity index (χ1) is 16.2. The topological polar surface area (TPSA) is 111 Å². The summed E-state index contributed by atoms with van der Waals surface area (Å²) in [5.74, 6) is -2.65. The van der Waals surface area contributed by atoms with Gasteiger partial charge in [0, 0.05) is 16.6 Å². The van der Waals surface area contributed by atoms with Crippen molar-refractivity contribution in [2.24, 2.45) is 0 Å². The van der Waals surface area contributed by atoms with Crippen molar-refractivity contribution in [3.8, 4) is 11.3 Å². The molecule has 0 aliphatic rings. The lowest BCUT2D eigenvalue weighted by Crippen LogP contribution is -2.16. The molecule has 0 radical (unpaired) electrons. The molecule has 0 atom stereocenters. The molecule has 0 aliphatic carbocycles. The maximum atomic E-state index is 14.9. The summed E-state index contributed by atoms with van der Waals surface area (Å²) >= 11 is 6.29. The molecule has 1 aromatic heterocycles. The molecule has 1 heterocycles. The minimum absolute atomic E-state index is 0.00566. The van der Waals surface area contributed by atoms with E-state index in [4.69, 9.17) is 16.7 Å². The standard InChI is InChI=1S/C24H17ClFN3O5/c1-12-4-3-5-17(25)20(12)22(30)29-19-11-14(27-24(33)34-2)7-9-16(19)21(28-29)15-8-6-13(23(31)32)10-18(15)26/h3-11H,1-2H3,(H,27,33)(H,31,32). The number of anilines is 1. The van der Waals surface area contributed by atoms with Gasteiger partial charge < -0.3 is 9.84 Å². The minimum atomic E-state index is -1.27. The highest BCUT2D eigenvalue weighted by molar-refractivity contribution is 6.34. The largest absolute Gasteiger partial charge is 0.478 e. The lowest BCUT2D eigenvalue weighted by atomic mass is 10.0. The van der Waals surface area contributed by atoms with Crippen LogP contribution in [0.25, 0.3) is 22.2 Å². The quantitative estimate of drug-likeness (QED) is 0.405. The van der Waals surface area contributed by atoms with Crippen LogP contribution in [0.15, 0.2) is 54.6 Å². The van der Waals surface area contributed by atoms with Crippen LogP contribution in [0.1, 0.15) is 26.3 Å². The number of carboxylic acid groups (broad SMARTS) is 1. The molecule has 3 aromatic carbocycles. The number of carbonyl (C=O) groups is 3. The van der Waals surface area contributed by atoms with Gasteiger partial charge in [-0.05, 0) is 55.0 Å². The average Bonchev–Trinajstić information content (AvgIpc) is 3.17. The van der Waals surface area contributed by atoms with Crippen molar-refractivity contribution in [1.29, 1.82) is 0 Å². The first kappa shape index (κ1) is 22.9. The van der Waals surface area contributed by atoms with Crippen LogP contribution in [0.3, 0.4) is 0 Å². The van der Waals surface area contributed by atoms with Crippen molar-refractivity contribution in [2.45, 2.75) is 6.92 Å². The van der Waals surface area contributed by atoms with Crippen molar-refractivity contribution >= 4 is 46.2 Å². The van der Waals surface area contributed by atoms with E-state index < -0.39 is 23.8 Å². The number of rotatable bonds is 4. The van der Waals surface area contributed by atoms with Gasteiger partial charge in [0.05, 0.1) is 28.8 Å². The predicted octanol–water partition coefficient (Wildman–Crippen LogP) is 5.37. The Balaban J connectivity index is 1.96. The summed E-state index contributed by atoms with van der Waals surface area (Å²) in [4.78, 5) is 36.4. The maximum absolute atomic E-state index is 14.9. The highest BCUT2D eigenvalue weighted by atomic mass is 35.5. The van der Waals surface area contributed by atoms with Crippen LogP contribution in [0, 0.1) is 12.7 Å². The molecular formula is C24H17ClFN3O5. The van der Waals surface area contributed by atoms with Gasteiger partial charge in [0.1, 0.15) is 11.5 Å². The second-order valence-corrected chi connectivity index (χ2v) is 7.75. The molecule has 0 saturated carbocycles. The molecule has 0 spiro atoms. The number of amides is 1. The van der Waals surface area contributed by atoms with Crippen molar-refractivity contribution in [2.75, 3.05) is 12.4 Å². The molecule has 0 saturated heterocycles. The van der Waals surface area contributed by atoms with Crippen molar-refractivity contribution in [3.05, 3.63) is 82.1 Å². The maximum Gasteiger partial charge on any atom is 0.411 e. The van der Waals surface area contributed by atoms with Crippen molar-refractivity contribution in [3.63, 3.8) is 0 Å². The first-order valence-corrected chi connectivity index (χ1v) is 10.3. The number of halogens is 2. The van der Waals surface area contributed by atoms with Crippen LogP contribution in [-0.4, -0.2) is 40.0 Å². The Hall–Kier alpha value is -4.24. The van der Waals surface area contributed by atoms with E-state index in [9.17, 15) is 18.8 Å². The van der Waals surface area contributed by atoms with Gasteiger partial charge in [0.2, 0.25) is 0 Å². The molecule has 4 rings (SSSR count). The number of fused-ring (bicyclic) bond motifs is 1. The molecule has 10 heteroatoms. The molecule has 8 nitrogen and oxygen atoms in total. The van der Waals surface area contributed by atoms with E-state index >= 15 is 0 Å². The van der Waals surface area contributed by atoms with Gasteiger partial charge in [-0.2, -0.15) is 9.78 Å². The number of carbonyl (C=O) groups excluding carboxylic acids is 2. The third kappa shape index (κ3) is 4.08. The Morgan fingerprint density at radius 1 is 1.12 bits per heavy atom. The fraction of sp³-hybridized carbons (Fsp3) is 0.0833. The van der Waals surface area contributed by atoms with E-state index in [0.717, 1.165) is 10.7 Å². The normalized spacial score (nSPS) is 10.8. The molecule has 1 amide bonds. The fourth-order valence-electron chi connectivity index (χ4n) is 3.56. The summed E-state index contributed by atoms with van der Waals surface area (Å²) in [6, 6.07) is 13.0. The molecule has 0 aliphatic heterocycles. The van der Waals surface area contributed by atoms with E-state index in [2.05, 4.69) is 15.2 Å². The number of nitrogens with zero attached hydrogens (tertiary/aromatic N) is 2. The number of hydrogen-bond acceptors (Lipinski definition) is 5. The Labute approximate surface area is 197 Å². The molecule has 34 heavy (non-hydrogen) atoms. The highest BCUT2D eigenvalue weighted by Gasteiger charge is 2.23. The Morgan fingerprint density at radius 2 is 1.88 bits per heavy atom. The number of hydrogen-bond donors (Lipinski definition) is 2. The zero-order chi connectivity index (χ0) is 24.6. The lowest BCUT2D eigenvalue weighted by molar-refractivity contribution is 0.0696. The van der Waals surface area contributed by atoms with Crippen molar-refractivity contribution < 1.29 is 28.6 Å². The molecular weight excluding hydrogens is 465 g/mol. The Morgan fingerprint density at radius 3 is 2.53 bits per heavy atom. The van der Waals surface area contributed by atoms with E-state index in [1.807, 2.05) is 0 Å². The smallest absolute Gasteiger partial charge is 0.411 e. The molecule has 2 N–H and O–H groups in total. The summed E-state index contributed by atoms with van der Waals surface area (Å²) in [5, 5.41) is 16.6. The van der Waals surface area contributed by atoms with Crippen LogP contribution in [0.2, 0.25) is 5.02 Å². The van der Waals surface area contributed by atoms with Gasteiger partial charge in [-0.25, -0.2) is 14.0 Å². The van der Waals surface area contributed by atoms with Crippen LogP contribution in [-0.2, 0) is 4.74 Å². The van der Waals surface area contributed by atoms with Gasteiger partial charge in [-0.3, -0.25) is 10.1 Å². The Kier molecular flexibility index (Phi) is 6.04. The number of methoxy groups -OCH3 is 1. The summed E-state index contributed by atoms with van der Waals surface area (Å²) < 4.78 is 20.6. The van der Waals surface area contributed by atoms with Crippen molar-refractivity contribution in [1.82, 2.24) is 9.78 Å². The average molecular weight is 482 g/mol. The number of ether oxygens (including phenoxy) is 1. The monoisotopic (exact) mass is 481 g/mol. The van der Waals surface area contributed by atoms with E-state index in [1.165, 1.54) is 25.3 Å². The number of aromatic nitrogens is 2. The zero-order valence-electron chi connectivity index (χ0n) is 17.9. The molecule has 172 valence electrons. The van der Waals surface area contributed by atoms with Gasteiger partial charge >= 0.3 is 12.1 Å². The second kappa shape index (κ2) is 8.95. The molecule has 0 bridgehead atoms. The van der Waals surface area contributed by atoms with Crippen LogP contribution in [0.5, 0.6) is 0 Å². The minimum Gasteiger partial charge on any atom is -0.478 e. The summed E-state index contributed by atoms with van der Waals surface area (Å²) in [7, 11) is 1.21. The lowest BCUT2D eigenvalue weighted by Gasteiger charge is -2.09. The van der Waals surface area contributed by atoms with E-state index in [0.29, 0.717) is 16.6 Å². The second-order valence-electron chi connectivity index (χ2n) is 7.35. The van der Waals surface area contributed by atoms with Gasteiger partial charge in [-0.1, -0.05) is 23.7 Å². The number of aromatic carboxylic acids is 1. The number of aryl methyl sites for hydroxylation is 1. The summed E-state index contributed by atoms with van der Waals surface area (Å²) in [6.45, 7) is 1.72. The number of benzene rings is 3. The SMILES string of the molecule is COC(=O)Nc1ccc2c(-c3ccc(C(=O)O)cc3F)nn(C(=O)c3c(C)cccc3Cl)c2c1. The van der Waals surface area contributed by atoms with Gasteiger partial charge in [-0.15, -0.1) is 0 Å². The number of carboxylic acids is 1. The molecule has 0 fully saturated rings. The number of nitrogens with one attached hydrogen (secondary N) is 1. The first-order valence-electron chi connectivity index (χ1n) is 9.92. The fourth-order valence-corrected chi connectivity index (χ4v) is 3.87. The van der Waals surface area contributed by atoms with Gasteiger partial charge in [0.25, 0.3) is 5.91 Å². The predicted molar refractivity (Wildman–Crippen MR) is 124 cm³/mol. The summed E-state index contributed by atoms with van der Waals surface area (Å²) in [6.07, 6.45) is -0.714. The third-order valence-electron chi connectivity index (χ3n) is 5.21. The van der Waals surface area contributed by atoms with Crippen LogP contribution in [0.4, 0.5) is 14.9 Å². The molecule has 4 aromatic rings. The van der Waals surface area contributed by atoms with E-state index in [1.54, 1.807) is 37.3 Å².